The normalized spacial score (nSPS) is 48.5. The minimum Gasteiger partial charge on any atom is -0.299 e. The van der Waals surface area contributed by atoms with Gasteiger partial charge in [-0.05, 0) is 62.0 Å². The Morgan fingerprint density at radius 3 is 2.67 bits per heavy atom. The number of carbonyl (C=O) groups is 2. The van der Waals surface area contributed by atoms with Crippen molar-refractivity contribution in [3.05, 3.63) is 23.8 Å². The molecule has 3 saturated carbocycles. The molecular formula is C19H24O2. The first-order valence-corrected chi connectivity index (χ1v) is 8.43. The molecule has 0 unspecified atom stereocenters. The monoisotopic (exact) mass is 284 g/mol. The van der Waals surface area contributed by atoms with Crippen LogP contribution in [-0.4, -0.2) is 11.6 Å². The summed E-state index contributed by atoms with van der Waals surface area (Å²) in [6.07, 6.45) is 12.1. The molecule has 21 heavy (non-hydrogen) atoms. The molecule has 0 radical (unpaired) electrons. The van der Waals surface area contributed by atoms with Crippen molar-refractivity contribution in [1.82, 2.24) is 0 Å². The predicted molar refractivity (Wildman–Crippen MR) is 81.6 cm³/mol. The Labute approximate surface area is 126 Å². The summed E-state index contributed by atoms with van der Waals surface area (Å²) < 4.78 is 0. The van der Waals surface area contributed by atoms with Gasteiger partial charge in [-0.25, -0.2) is 0 Å². The van der Waals surface area contributed by atoms with Gasteiger partial charge in [0.05, 0.1) is 0 Å². The molecule has 0 aromatic heterocycles. The first-order valence-electron chi connectivity index (χ1n) is 8.43. The van der Waals surface area contributed by atoms with Crippen molar-refractivity contribution in [2.75, 3.05) is 0 Å². The molecule has 0 amide bonds. The summed E-state index contributed by atoms with van der Waals surface area (Å²) in [5, 5.41) is 0. The summed E-state index contributed by atoms with van der Waals surface area (Å²) in [7, 11) is 0. The van der Waals surface area contributed by atoms with E-state index in [1.807, 2.05) is 6.08 Å². The van der Waals surface area contributed by atoms with Crippen molar-refractivity contribution in [2.24, 2.45) is 28.6 Å². The summed E-state index contributed by atoms with van der Waals surface area (Å²) in [4.78, 5) is 24.0. The lowest BCUT2D eigenvalue weighted by molar-refractivity contribution is -0.131. The Morgan fingerprint density at radius 2 is 1.86 bits per heavy atom. The average Bonchev–Trinajstić information content (AvgIpc) is 2.76. The molecule has 0 aliphatic heterocycles. The van der Waals surface area contributed by atoms with E-state index in [-0.39, 0.29) is 16.6 Å². The summed E-state index contributed by atoms with van der Waals surface area (Å²) in [6.45, 7) is 4.54. The van der Waals surface area contributed by atoms with Crippen molar-refractivity contribution in [2.45, 2.75) is 52.4 Å². The smallest absolute Gasteiger partial charge is 0.178 e. The molecule has 4 aliphatic carbocycles. The fourth-order valence-electron chi connectivity index (χ4n) is 5.97. The molecule has 0 aromatic rings. The van der Waals surface area contributed by atoms with Gasteiger partial charge in [0.15, 0.2) is 5.78 Å². The van der Waals surface area contributed by atoms with Gasteiger partial charge in [0.2, 0.25) is 0 Å². The highest BCUT2D eigenvalue weighted by atomic mass is 16.1. The largest absolute Gasteiger partial charge is 0.299 e. The lowest BCUT2D eigenvalue weighted by Crippen LogP contribution is -2.49. The molecule has 112 valence electrons. The van der Waals surface area contributed by atoms with Gasteiger partial charge in [-0.15, -0.1) is 0 Å². The van der Waals surface area contributed by atoms with Crippen LogP contribution in [0.4, 0.5) is 0 Å². The Balaban J connectivity index is 1.72. The quantitative estimate of drug-likeness (QED) is 0.677. The van der Waals surface area contributed by atoms with Crippen LogP contribution in [0.5, 0.6) is 0 Å². The molecule has 0 saturated heterocycles. The highest BCUT2D eigenvalue weighted by Gasteiger charge is 2.58. The number of carbonyl (C=O) groups excluding carboxylic acids is 2. The third-order valence-electron chi connectivity index (χ3n) is 7.27. The Bertz CT molecular complexity index is 584. The van der Waals surface area contributed by atoms with Gasteiger partial charge in [0.1, 0.15) is 5.78 Å². The fraction of sp³-hybridized carbons (Fsp3) is 0.684. The van der Waals surface area contributed by atoms with Crippen LogP contribution in [0.1, 0.15) is 52.4 Å². The highest BCUT2D eigenvalue weighted by Crippen LogP contribution is 2.63. The maximum absolute atomic E-state index is 12.3. The molecule has 0 spiro atoms. The van der Waals surface area contributed by atoms with Crippen molar-refractivity contribution < 1.29 is 9.59 Å². The van der Waals surface area contributed by atoms with Crippen LogP contribution >= 0.6 is 0 Å². The zero-order chi connectivity index (χ0) is 14.8. The van der Waals surface area contributed by atoms with Gasteiger partial charge in [-0.3, -0.25) is 9.59 Å². The van der Waals surface area contributed by atoms with Gasteiger partial charge in [0, 0.05) is 17.3 Å². The van der Waals surface area contributed by atoms with Gasteiger partial charge < -0.3 is 0 Å². The van der Waals surface area contributed by atoms with E-state index in [1.54, 1.807) is 6.08 Å². The number of hydrogen-bond acceptors (Lipinski definition) is 2. The maximum atomic E-state index is 12.3. The zero-order valence-corrected chi connectivity index (χ0v) is 13.0. The second-order valence-electron chi connectivity index (χ2n) is 8.02. The number of hydrogen-bond donors (Lipinski definition) is 0. The molecule has 0 bridgehead atoms. The van der Waals surface area contributed by atoms with E-state index < -0.39 is 0 Å². The van der Waals surface area contributed by atoms with Crippen LogP contribution in [0, 0.1) is 28.6 Å². The van der Waals surface area contributed by atoms with Crippen LogP contribution in [0.3, 0.4) is 0 Å². The molecule has 4 rings (SSSR count). The van der Waals surface area contributed by atoms with Crippen molar-refractivity contribution in [1.29, 1.82) is 0 Å². The highest BCUT2D eigenvalue weighted by molar-refractivity contribution is 6.01. The number of ketones is 2. The number of rotatable bonds is 0. The summed E-state index contributed by atoms with van der Waals surface area (Å²) >= 11 is 0. The van der Waals surface area contributed by atoms with Crippen molar-refractivity contribution in [3.63, 3.8) is 0 Å². The van der Waals surface area contributed by atoms with E-state index in [1.165, 1.54) is 12.0 Å². The van der Waals surface area contributed by atoms with E-state index >= 15 is 0 Å². The molecular weight excluding hydrogens is 260 g/mol. The predicted octanol–water partition coefficient (Wildman–Crippen LogP) is 3.86. The number of allylic oxidation sites excluding steroid dienone is 4. The van der Waals surface area contributed by atoms with Gasteiger partial charge in [-0.1, -0.05) is 25.5 Å². The minimum absolute atomic E-state index is 0.0487. The Hall–Kier alpha value is -1.18. The standard InChI is InChI=1S/C19H24O2/c1-18-9-7-13(20)11-12(18)3-4-14-15-5-6-17(21)19(15,2)10-8-16(14)18/h7,9,11,14-16H,3-6,8,10H2,1-2H3/t14-,15-,16-,18+,19-/m1/s1. The Morgan fingerprint density at radius 1 is 1.05 bits per heavy atom. The molecule has 0 N–H and O–H groups in total. The van der Waals surface area contributed by atoms with Crippen molar-refractivity contribution in [3.8, 4) is 0 Å². The lowest BCUT2D eigenvalue weighted by Gasteiger charge is -2.55. The summed E-state index contributed by atoms with van der Waals surface area (Å²) in [6, 6.07) is 0. The van der Waals surface area contributed by atoms with Crippen LogP contribution in [0.2, 0.25) is 0 Å². The third-order valence-corrected chi connectivity index (χ3v) is 7.27. The molecule has 3 fully saturated rings. The van der Waals surface area contributed by atoms with Gasteiger partial charge in [-0.2, -0.15) is 0 Å². The van der Waals surface area contributed by atoms with Crippen LogP contribution in [0.15, 0.2) is 23.8 Å². The van der Waals surface area contributed by atoms with Crippen molar-refractivity contribution >= 4 is 11.6 Å². The maximum Gasteiger partial charge on any atom is 0.178 e. The van der Waals surface area contributed by atoms with Gasteiger partial charge in [0.25, 0.3) is 0 Å². The zero-order valence-electron chi connectivity index (χ0n) is 13.0. The van der Waals surface area contributed by atoms with Crippen LogP contribution < -0.4 is 0 Å². The lowest BCUT2D eigenvalue weighted by atomic mass is 9.48. The van der Waals surface area contributed by atoms with Gasteiger partial charge >= 0.3 is 0 Å². The first kappa shape index (κ1) is 13.5. The molecule has 2 nitrogen and oxygen atoms in total. The number of Topliss-reactive ketones (excluding diaryl/α,β-unsaturated/α-hetero) is 1. The molecule has 2 heteroatoms. The molecule has 4 aliphatic rings. The van der Waals surface area contributed by atoms with E-state index in [0.717, 1.165) is 32.1 Å². The third kappa shape index (κ3) is 1.65. The van der Waals surface area contributed by atoms with E-state index in [0.29, 0.717) is 23.5 Å². The van der Waals surface area contributed by atoms with E-state index in [9.17, 15) is 9.59 Å². The average molecular weight is 284 g/mol. The van der Waals surface area contributed by atoms with Crippen LogP contribution in [0.25, 0.3) is 0 Å². The minimum atomic E-state index is -0.0487. The van der Waals surface area contributed by atoms with Crippen LogP contribution in [-0.2, 0) is 9.59 Å². The first-order chi connectivity index (χ1) is 9.95. The fourth-order valence-corrected chi connectivity index (χ4v) is 5.97. The topological polar surface area (TPSA) is 34.1 Å². The summed E-state index contributed by atoms with van der Waals surface area (Å²) in [5.41, 5.74) is 1.35. The molecule has 0 aromatic carbocycles. The second-order valence-corrected chi connectivity index (χ2v) is 8.02. The molecule has 5 atom stereocenters. The molecule has 0 heterocycles. The van der Waals surface area contributed by atoms with E-state index in [2.05, 4.69) is 19.9 Å². The number of fused-ring (bicyclic) bond motifs is 5. The second kappa shape index (κ2) is 4.18. The summed E-state index contributed by atoms with van der Waals surface area (Å²) in [5.74, 6) is 2.51. The van der Waals surface area contributed by atoms with E-state index in [4.69, 9.17) is 0 Å². The SMILES string of the molecule is C[C@]12C=CC(=O)C=C1CC[C@H]1[C@H]2CC[C@@]2(C)C(=O)CC[C@H]12. The Kier molecular flexibility index (Phi) is 2.68.